The van der Waals surface area contributed by atoms with E-state index in [9.17, 15) is 4.79 Å². The fourth-order valence-corrected chi connectivity index (χ4v) is 3.02. The molecule has 0 aliphatic heterocycles. The lowest BCUT2D eigenvalue weighted by molar-refractivity contribution is 0.0775. The monoisotopic (exact) mass is 411 g/mol. The van der Waals surface area contributed by atoms with Crippen molar-refractivity contribution < 1.29 is 4.79 Å². The van der Waals surface area contributed by atoms with Crippen molar-refractivity contribution in [3.63, 3.8) is 0 Å². The van der Waals surface area contributed by atoms with Crippen molar-refractivity contribution in [3.05, 3.63) is 65.2 Å². The van der Waals surface area contributed by atoms with Crippen LogP contribution in [-0.4, -0.2) is 57.6 Å². The molecule has 0 radical (unpaired) electrons. The van der Waals surface area contributed by atoms with E-state index < -0.39 is 0 Å². The van der Waals surface area contributed by atoms with Crippen molar-refractivity contribution in [2.24, 2.45) is 7.05 Å². The minimum atomic E-state index is -0.224. The van der Waals surface area contributed by atoms with E-state index in [4.69, 9.17) is 11.6 Å². The van der Waals surface area contributed by atoms with Crippen LogP contribution < -0.4 is 0 Å². The van der Waals surface area contributed by atoms with Gasteiger partial charge in [0.15, 0.2) is 6.67 Å². The molecule has 0 unspecified atom stereocenters. The maximum absolute atomic E-state index is 12.7. The smallest absolute Gasteiger partial charge is 0.274 e. The van der Waals surface area contributed by atoms with Gasteiger partial charge in [0.2, 0.25) is 5.82 Å². The standard InChI is InChI=1S/C18H18ClN9O/c1-25(11-16-14(19)10-20-26(16)2)18(29)15-8-9-27(22-15)12-28-23-17(21-24-28)13-6-4-3-5-7-13/h3-10H,11-12H2,1-2H3. The predicted molar refractivity (Wildman–Crippen MR) is 105 cm³/mol. The highest BCUT2D eigenvalue weighted by Gasteiger charge is 2.18. The number of nitrogens with zero attached hydrogens (tertiary/aromatic N) is 9. The van der Waals surface area contributed by atoms with Gasteiger partial charge < -0.3 is 4.90 Å². The quantitative estimate of drug-likeness (QED) is 0.478. The molecule has 11 heteroatoms. The summed E-state index contributed by atoms with van der Waals surface area (Å²) in [5, 5.41) is 21.4. The molecule has 0 aliphatic carbocycles. The number of amides is 1. The van der Waals surface area contributed by atoms with Crippen LogP contribution in [0.2, 0.25) is 5.02 Å². The zero-order chi connectivity index (χ0) is 20.4. The van der Waals surface area contributed by atoms with E-state index in [-0.39, 0.29) is 12.6 Å². The summed E-state index contributed by atoms with van der Waals surface area (Å²) in [6.07, 6.45) is 3.25. The molecule has 29 heavy (non-hydrogen) atoms. The molecule has 1 aromatic carbocycles. The Labute approximate surface area is 171 Å². The minimum Gasteiger partial charge on any atom is -0.334 e. The first-order chi connectivity index (χ1) is 14.0. The maximum atomic E-state index is 12.7. The number of hydrogen-bond acceptors (Lipinski definition) is 6. The number of aryl methyl sites for hydroxylation is 1. The number of halogens is 1. The number of tetrazole rings is 1. The lowest BCUT2D eigenvalue weighted by Gasteiger charge is -2.16. The van der Waals surface area contributed by atoms with E-state index in [1.54, 1.807) is 41.9 Å². The molecule has 0 saturated heterocycles. The second kappa shape index (κ2) is 7.84. The molecule has 0 N–H and O–H groups in total. The SMILES string of the molecule is CN(Cc1c(Cl)cnn1C)C(=O)c1ccn(Cn2nnc(-c3ccccc3)n2)n1. The fraction of sp³-hybridized carbons (Fsp3) is 0.222. The molecule has 148 valence electrons. The summed E-state index contributed by atoms with van der Waals surface area (Å²) in [7, 11) is 3.47. The fourth-order valence-electron chi connectivity index (χ4n) is 2.80. The molecule has 3 aromatic heterocycles. The van der Waals surface area contributed by atoms with Crippen LogP contribution in [0.25, 0.3) is 11.4 Å². The number of aromatic nitrogens is 8. The third kappa shape index (κ3) is 4.02. The van der Waals surface area contributed by atoms with Crippen LogP contribution in [0, 0.1) is 0 Å². The summed E-state index contributed by atoms with van der Waals surface area (Å²) in [6.45, 7) is 0.566. The first-order valence-corrected chi connectivity index (χ1v) is 9.17. The maximum Gasteiger partial charge on any atom is 0.274 e. The Morgan fingerprint density at radius 2 is 1.97 bits per heavy atom. The second-order valence-corrected chi connectivity index (χ2v) is 6.86. The van der Waals surface area contributed by atoms with Gasteiger partial charge in [0.25, 0.3) is 5.91 Å². The predicted octanol–water partition coefficient (Wildman–Crippen LogP) is 1.70. The third-order valence-electron chi connectivity index (χ3n) is 4.36. The summed E-state index contributed by atoms with van der Waals surface area (Å²) in [4.78, 5) is 15.6. The van der Waals surface area contributed by atoms with Crippen LogP contribution in [0.1, 0.15) is 16.2 Å². The van der Waals surface area contributed by atoms with Crippen LogP contribution in [0.5, 0.6) is 0 Å². The van der Waals surface area contributed by atoms with Crippen molar-refractivity contribution >= 4 is 17.5 Å². The lowest BCUT2D eigenvalue weighted by atomic mass is 10.2. The van der Waals surface area contributed by atoms with Crippen LogP contribution in [0.15, 0.2) is 48.8 Å². The topological polar surface area (TPSA) is 99.6 Å². The van der Waals surface area contributed by atoms with Gasteiger partial charge in [-0.1, -0.05) is 41.9 Å². The Bertz CT molecular complexity index is 1110. The van der Waals surface area contributed by atoms with Gasteiger partial charge in [-0.25, -0.2) is 4.68 Å². The van der Waals surface area contributed by atoms with Gasteiger partial charge in [-0.2, -0.15) is 10.2 Å². The van der Waals surface area contributed by atoms with Gasteiger partial charge in [-0.3, -0.25) is 9.48 Å². The molecular formula is C18H18ClN9O. The second-order valence-electron chi connectivity index (χ2n) is 6.46. The molecule has 0 saturated carbocycles. The van der Waals surface area contributed by atoms with Crippen molar-refractivity contribution in [3.8, 4) is 11.4 Å². The Balaban J connectivity index is 1.43. The lowest BCUT2D eigenvalue weighted by Crippen LogP contribution is -2.28. The molecular weight excluding hydrogens is 394 g/mol. The van der Waals surface area contributed by atoms with Gasteiger partial charge in [0, 0.05) is 25.9 Å². The van der Waals surface area contributed by atoms with Crippen molar-refractivity contribution in [1.82, 2.24) is 44.7 Å². The van der Waals surface area contributed by atoms with E-state index in [0.717, 1.165) is 11.3 Å². The van der Waals surface area contributed by atoms with E-state index in [1.165, 1.54) is 9.70 Å². The summed E-state index contributed by atoms with van der Waals surface area (Å²) in [6, 6.07) is 11.2. The highest BCUT2D eigenvalue weighted by atomic mass is 35.5. The molecule has 1 amide bonds. The molecule has 0 bridgehead atoms. The summed E-state index contributed by atoms with van der Waals surface area (Å²) in [5.74, 6) is 0.305. The van der Waals surface area contributed by atoms with Crippen LogP contribution in [0.3, 0.4) is 0 Å². The molecule has 0 fully saturated rings. The Morgan fingerprint density at radius 3 is 2.69 bits per heavy atom. The van der Waals surface area contributed by atoms with Crippen molar-refractivity contribution in [2.45, 2.75) is 13.2 Å². The van der Waals surface area contributed by atoms with Crippen LogP contribution in [0.4, 0.5) is 0 Å². The molecule has 4 aromatic rings. The number of benzene rings is 1. The Morgan fingerprint density at radius 1 is 1.17 bits per heavy atom. The largest absolute Gasteiger partial charge is 0.334 e. The average molecular weight is 412 g/mol. The zero-order valence-electron chi connectivity index (χ0n) is 15.8. The van der Waals surface area contributed by atoms with E-state index in [2.05, 4.69) is 25.6 Å². The average Bonchev–Trinajstić information content (AvgIpc) is 3.46. The van der Waals surface area contributed by atoms with E-state index >= 15 is 0 Å². The molecule has 3 heterocycles. The molecule has 0 aliphatic rings. The van der Waals surface area contributed by atoms with Gasteiger partial charge in [-0.05, 0) is 11.3 Å². The first-order valence-electron chi connectivity index (χ1n) is 8.80. The number of rotatable bonds is 6. The number of carbonyl (C=O) groups is 1. The number of hydrogen-bond donors (Lipinski definition) is 0. The van der Waals surface area contributed by atoms with Gasteiger partial charge >= 0.3 is 0 Å². The Kier molecular flexibility index (Phi) is 5.09. The van der Waals surface area contributed by atoms with Crippen molar-refractivity contribution in [1.29, 1.82) is 0 Å². The molecule has 10 nitrogen and oxygen atoms in total. The highest BCUT2D eigenvalue weighted by Crippen LogP contribution is 2.16. The van der Waals surface area contributed by atoms with Gasteiger partial charge in [0.05, 0.1) is 23.5 Å². The zero-order valence-corrected chi connectivity index (χ0v) is 16.6. The first kappa shape index (κ1) is 18.8. The highest BCUT2D eigenvalue weighted by molar-refractivity contribution is 6.31. The number of carbonyl (C=O) groups excluding carboxylic acids is 1. The normalized spacial score (nSPS) is 11.0. The summed E-state index contributed by atoms with van der Waals surface area (Å²) < 4.78 is 3.22. The third-order valence-corrected chi connectivity index (χ3v) is 4.68. The van der Waals surface area contributed by atoms with Crippen LogP contribution in [-0.2, 0) is 20.3 Å². The minimum absolute atomic E-state index is 0.224. The Hall–Kier alpha value is -3.53. The van der Waals surface area contributed by atoms with Gasteiger partial charge in [0.1, 0.15) is 5.69 Å². The van der Waals surface area contributed by atoms with E-state index in [1.807, 2.05) is 30.3 Å². The van der Waals surface area contributed by atoms with Crippen molar-refractivity contribution in [2.75, 3.05) is 7.05 Å². The molecule has 0 spiro atoms. The molecule has 0 atom stereocenters. The van der Waals surface area contributed by atoms with Gasteiger partial charge in [-0.15, -0.1) is 15.0 Å². The van der Waals surface area contributed by atoms with E-state index in [0.29, 0.717) is 23.1 Å². The summed E-state index contributed by atoms with van der Waals surface area (Å²) >= 11 is 6.12. The molecule has 4 rings (SSSR count). The summed E-state index contributed by atoms with van der Waals surface area (Å²) in [5.41, 5.74) is 1.95. The van der Waals surface area contributed by atoms with Crippen LogP contribution >= 0.6 is 11.6 Å².